The summed E-state index contributed by atoms with van der Waals surface area (Å²) < 4.78 is 5.00. The van der Waals surface area contributed by atoms with Crippen LogP contribution in [0, 0.1) is 0 Å². The molecule has 1 aromatic rings. The highest BCUT2D eigenvalue weighted by atomic mass is 79.9. The third kappa shape index (κ3) is 3.88. The van der Waals surface area contributed by atoms with Crippen LogP contribution in [0.15, 0.2) is 18.2 Å². The lowest BCUT2D eigenvalue weighted by Gasteiger charge is -2.30. The van der Waals surface area contributed by atoms with E-state index < -0.39 is 0 Å². The lowest BCUT2D eigenvalue weighted by atomic mass is 10.1. The van der Waals surface area contributed by atoms with E-state index in [1.165, 1.54) is 13.2 Å². The predicted octanol–water partition coefficient (Wildman–Crippen LogP) is 3.43. The molecule has 1 aromatic carbocycles. The minimum atomic E-state index is -0.0592. The maximum atomic E-state index is 12.6. The van der Waals surface area contributed by atoms with Crippen molar-refractivity contribution in [2.45, 2.75) is 32.7 Å². The van der Waals surface area contributed by atoms with Crippen molar-refractivity contribution < 1.29 is 14.6 Å². The monoisotopic (exact) mass is 343 g/mol. The van der Waals surface area contributed by atoms with Crippen LogP contribution in [0.2, 0.25) is 0 Å². The molecule has 0 unspecified atom stereocenters. The molecule has 20 heavy (non-hydrogen) atoms. The van der Waals surface area contributed by atoms with Crippen LogP contribution in [0.3, 0.4) is 0 Å². The molecule has 0 radical (unpaired) electrons. The zero-order chi connectivity index (χ0) is 15.1. The first-order chi connectivity index (χ1) is 9.58. The maximum absolute atomic E-state index is 12.6. The number of amides is 1. The van der Waals surface area contributed by atoms with E-state index in [0.717, 1.165) is 18.2 Å². The summed E-state index contributed by atoms with van der Waals surface area (Å²) in [6, 6.07) is 4.97. The van der Waals surface area contributed by atoms with Gasteiger partial charge in [-0.2, -0.15) is 0 Å². The first-order valence-electron chi connectivity index (χ1n) is 6.82. The van der Waals surface area contributed by atoms with Crippen molar-refractivity contribution in [3.05, 3.63) is 23.8 Å². The molecular weight excluding hydrogens is 322 g/mol. The number of alkyl halides is 1. The van der Waals surface area contributed by atoms with Crippen molar-refractivity contribution in [3.8, 4) is 11.5 Å². The van der Waals surface area contributed by atoms with Crippen LogP contribution in [-0.4, -0.2) is 40.9 Å². The Hall–Kier alpha value is -1.23. The zero-order valence-corrected chi connectivity index (χ0v) is 13.8. The summed E-state index contributed by atoms with van der Waals surface area (Å²) in [5.74, 6) is 0.300. The lowest BCUT2D eigenvalue weighted by molar-refractivity contribution is 0.0682. The van der Waals surface area contributed by atoms with Gasteiger partial charge in [0.25, 0.3) is 5.91 Å². The lowest BCUT2D eigenvalue weighted by Crippen LogP contribution is -2.41. The summed E-state index contributed by atoms with van der Waals surface area (Å²) in [5.41, 5.74) is 0.483. The van der Waals surface area contributed by atoms with Gasteiger partial charge in [0, 0.05) is 23.5 Å². The second-order valence-corrected chi connectivity index (χ2v) is 5.34. The first kappa shape index (κ1) is 16.8. The molecule has 4 nitrogen and oxygen atoms in total. The van der Waals surface area contributed by atoms with Gasteiger partial charge in [-0.3, -0.25) is 4.79 Å². The van der Waals surface area contributed by atoms with E-state index >= 15 is 0 Å². The van der Waals surface area contributed by atoms with E-state index in [0.29, 0.717) is 17.9 Å². The van der Waals surface area contributed by atoms with Crippen LogP contribution < -0.4 is 4.74 Å². The molecule has 0 atom stereocenters. The van der Waals surface area contributed by atoms with Gasteiger partial charge in [0.2, 0.25) is 0 Å². The second kappa shape index (κ2) is 8.15. The first-order valence-corrected chi connectivity index (χ1v) is 7.95. The number of phenolic OH excluding ortho intramolecular Hbond substituents is 1. The van der Waals surface area contributed by atoms with Crippen molar-refractivity contribution in [2.24, 2.45) is 0 Å². The van der Waals surface area contributed by atoms with Crippen LogP contribution in [0.1, 0.15) is 37.0 Å². The van der Waals surface area contributed by atoms with E-state index in [4.69, 9.17) is 4.74 Å². The Balaban J connectivity index is 3.02. The molecular formula is C15H22BrNO3. The molecule has 0 fully saturated rings. The number of aromatic hydroxyl groups is 1. The van der Waals surface area contributed by atoms with Gasteiger partial charge < -0.3 is 14.7 Å². The summed E-state index contributed by atoms with van der Waals surface area (Å²) in [7, 11) is 1.48. The normalized spacial score (nSPS) is 10.7. The number of benzene rings is 1. The molecule has 112 valence electrons. The number of carbonyl (C=O) groups is 1. The van der Waals surface area contributed by atoms with Crippen molar-refractivity contribution in [2.75, 3.05) is 19.0 Å². The highest BCUT2D eigenvalue weighted by Crippen LogP contribution is 2.27. The highest BCUT2D eigenvalue weighted by Gasteiger charge is 2.22. The molecule has 0 aliphatic heterocycles. The van der Waals surface area contributed by atoms with Crippen molar-refractivity contribution >= 4 is 21.8 Å². The maximum Gasteiger partial charge on any atom is 0.254 e. The van der Waals surface area contributed by atoms with Gasteiger partial charge >= 0.3 is 0 Å². The number of hydrogen-bond acceptors (Lipinski definition) is 3. The van der Waals surface area contributed by atoms with E-state index in [9.17, 15) is 9.90 Å². The summed E-state index contributed by atoms with van der Waals surface area (Å²) in [4.78, 5) is 14.5. The molecule has 0 spiro atoms. The number of nitrogens with zero attached hydrogens (tertiary/aromatic N) is 1. The number of hydrogen-bond donors (Lipinski definition) is 1. The van der Waals surface area contributed by atoms with Gasteiger partial charge in [-0.1, -0.05) is 29.8 Å². The van der Waals surface area contributed by atoms with Gasteiger partial charge in [0.15, 0.2) is 11.5 Å². The van der Waals surface area contributed by atoms with E-state index in [2.05, 4.69) is 29.8 Å². The Morgan fingerprint density at radius 1 is 1.40 bits per heavy atom. The topological polar surface area (TPSA) is 49.8 Å². The van der Waals surface area contributed by atoms with Crippen LogP contribution in [0.5, 0.6) is 11.5 Å². The largest absolute Gasteiger partial charge is 0.504 e. The zero-order valence-electron chi connectivity index (χ0n) is 12.2. The average Bonchev–Trinajstić information content (AvgIpc) is 2.46. The highest BCUT2D eigenvalue weighted by molar-refractivity contribution is 9.09. The molecule has 0 aliphatic carbocycles. The standard InChI is InChI=1S/C15H22BrNO3/c1-4-12(5-2)17(9-8-16)15(19)11-6-7-14(20-3)13(18)10-11/h6-7,10,12,18H,4-5,8-9H2,1-3H3. The molecule has 1 rings (SSSR count). The van der Waals surface area contributed by atoms with Crippen LogP contribution in [0.25, 0.3) is 0 Å². The fourth-order valence-corrected chi connectivity index (χ4v) is 2.64. The third-order valence-corrected chi connectivity index (χ3v) is 3.75. The molecule has 0 saturated carbocycles. The van der Waals surface area contributed by atoms with Crippen LogP contribution in [0.4, 0.5) is 0 Å². The van der Waals surface area contributed by atoms with Crippen molar-refractivity contribution in [3.63, 3.8) is 0 Å². The smallest absolute Gasteiger partial charge is 0.254 e. The summed E-state index contributed by atoms with van der Waals surface area (Å²) >= 11 is 3.39. The van der Waals surface area contributed by atoms with Crippen molar-refractivity contribution in [1.29, 1.82) is 0 Å². The molecule has 0 aromatic heterocycles. The third-order valence-electron chi connectivity index (χ3n) is 3.40. The fourth-order valence-electron chi connectivity index (χ4n) is 2.26. The number of rotatable bonds is 7. The second-order valence-electron chi connectivity index (χ2n) is 4.54. The molecule has 1 amide bonds. The Bertz CT molecular complexity index is 447. The predicted molar refractivity (Wildman–Crippen MR) is 83.9 cm³/mol. The Labute approximate surface area is 128 Å². The van der Waals surface area contributed by atoms with Crippen molar-refractivity contribution in [1.82, 2.24) is 4.90 Å². The van der Waals surface area contributed by atoms with Gasteiger partial charge in [-0.25, -0.2) is 0 Å². The molecule has 0 heterocycles. The number of carbonyl (C=O) groups excluding carboxylic acids is 1. The van der Waals surface area contributed by atoms with Crippen LogP contribution in [-0.2, 0) is 0 Å². The van der Waals surface area contributed by atoms with Gasteiger partial charge in [-0.15, -0.1) is 0 Å². The molecule has 0 saturated heterocycles. The SMILES string of the molecule is CCC(CC)N(CCBr)C(=O)c1ccc(OC)c(O)c1. The summed E-state index contributed by atoms with van der Waals surface area (Å²) in [5, 5.41) is 10.5. The van der Waals surface area contributed by atoms with E-state index in [1.807, 2.05) is 4.90 Å². The molecule has 5 heteroatoms. The number of methoxy groups -OCH3 is 1. The Morgan fingerprint density at radius 3 is 2.50 bits per heavy atom. The van der Waals surface area contributed by atoms with Gasteiger partial charge in [0.05, 0.1) is 7.11 Å². The quantitative estimate of drug-likeness (QED) is 0.771. The number of phenols is 1. The molecule has 0 bridgehead atoms. The van der Waals surface area contributed by atoms with Crippen LogP contribution >= 0.6 is 15.9 Å². The Kier molecular flexibility index (Phi) is 6.85. The summed E-state index contributed by atoms with van der Waals surface area (Å²) in [6.07, 6.45) is 1.83. The number of halogens is 1. The minimum absolute atomic E-state index is 0.0123. The minimum Gasteiger partial charge on any atom is -0.504 e. The summed E-state index contributed by atoms with van der Waals surface area (Å²) in [6.45, 7) is 4.81. The van der Waals surface area contributed by atoms with E-state index in [1.54, 1.807) is 12.1 Å². The molecule has 1 N–H and O–H groups in total. The average molecular weight is 344 g/mol. The van der Waals surface area contributed by atoms with Gasteiger partial charge in [-0.05, 0) is 31.0 Å². The van der Waals surface area contributed by atoms with E-state index in [-0.39, 0.29) is 17.7 Å². The Morgan fingerprint density at radius 2 is 2.05 bits per heavy atom. The molecule has 0 aliphatic rings. The van der Waals surface area contributed by atoms with Gasteiger partial charge in [0.1, 0.15) is 0 Å². The number of ether oxygens (including phenoxy) is 1. The fraction of sp³-hybridized carbons (Fsp3) is 0.533.